The molecule has 1 atom stereocenters. The van der Waals surface area contributed by atoms with Crippen molar-refractivity contribution in [3.8, 4) is 0 Å². The summed E-state index contributed by atoms with van der Waals surface area (Å²) in [7, 11) is 0. The molecule has 2 N–H and O–H groups in total. The zero-order chi connectivity index (χ0) is 9.80. The Morgan fingerprint density at radius 3 is 3.00 bits per heavy atom. The molecule has 5 heteroatoms. The van der Waals surface area contributed by atoms with E-state index in [4.69, 9.17) is 0 Å². The largest absolute Gasteiger partial charge is 0.316 e. The zero-order valence-electron chi connectivity index (χ0n) is 7.73. The first-order chi connectivity index (χ1) is 6.90. The second-order valence-electron chi connectivity index (χ2n) is 3.30. The van der Waals surface area contributed by atoms with Gasteiger partial charge in [0.05, 0.1) is 5.69 Å². The number of amides is 1. The lowest BCUT2D eigenvalue weighted by Gasteiger charge is -2.06. The van der Waals surface area contributed by atoms with Crippen molar-refractivity contribution in [3.63, 3.8) is 0 Å². The van der Waals surface area contributed by atoms with Gasteiger partial charge in [0.25, 0.3) is 0 Å². The third-order valence-electron chi connectivity index (χ3n) is 2.37. The fraction of sp³-hybridized carbons (Fsp3) is 0.444. The molecule has 0 aliphatic carbocycles. The fourth-order valence-corrected chi connectivity index (χ4v) is 1.60. The number of hydrogen-bond donors (Lipinski definition) is 2. The van der Waals surface area contributed by atoms with Gasteiger partial charge in [-0.15, -0.1) is 5.10 Å². The van der Waals surface area contributed by atoms with Gasteiger partial charge in [-0.25, -0.2) is 0 Å². The third-order valence-corrected chi connectivity index (χ3v) is 2.37. The number of anilines is 1. The third kappa shape index (κ3) is 1.88. The lowest BCUT2D eigenvalue weighted by Crippen LogP contribution is -2.09. The smallest absolute Gasteiger partial charge is 0.212 e. The van der Waals surface area contributed by atoms with Crippen molar-refractivity contribution in [2.75, 3.05) is 18.4 Å². The second-order valence-corrected chi connectivity index (χ2v) is 3.30. The molecule has 1 aromatic heterocycles. The highest BCUT2D eigenvalue weighted by Crippen LogP contribution is 2.19. The Morgan fingerprint density at radius 1 is 1.50 bits per heavy atom. The summed E-state index contributed by atoms with van der Waals surface area (Å²) in [5.74, 6) is 0.961. The molecule has 1 aliphatic rings. The van der Waals surface area contributed by atoms with Crippen LogP contribution in [0, 0.1) is 0 Å². The Morgan fingerprint density at radius 2 is 2.43 bits per heavy atom. The molecule has 1 aliphatic heterocycles. The maximum Gasteiger partial charge on any atom is 0.212 e. The Labute approximate surface area is 81.9 Å². The van der Waals surface area contributed by atoms with Crippen LogP contribution in [0.2, 0.25) is 0 Å². The van der Waals surface area contributed by atoms with Crippen LogP contribution in [0.25, 0.3) is 0 Å². The van der Waals surface area contributed by atoms with E-state index < -0.39 is 0 Å². The Balaban J connectivity index is 2.08. The molecule has 0 aromatic carbocycles. The van der Waals surface area contributed by atoms with E-state index in [2.05, 4.69) is 20.8 Å². The van der Waals surface area contributed by atoms with E-state index in [9.17, 15) is 4.79 Å². The number of carbonyl (C=O) groups is 1. The van der Waals surface area contributed by atoms with E-state index in [1.165, 1.54) is 0 Å². The molecule has 1 unspecified atom stereocenters. The van der Waals surface area contributed by atoms with Crippen LogP contribution < -0.4 is 10.6 Å². The predicted molar refractivity (Wildman–Crippen MR) is 51.9 cm³/mol. The highest BCUT2D eigenvalue weighted by Gasteiger charge is 2.17. The maximum atomic E-state index is 10.1. The number of aromatic nitrogens is 2. The van der Waals surface area contributed by atoms with Crippen LogP contribution in [0.15, 0.2) is 12.1 Å². The first-order valence-corrected chi connectivity index (χ1v) is 4.64. The summed E-state index contributed by atoms with van der Waals surface area (Å²) >= 11 is 0. The van der Waals surface area contributed by atoms with Crippen LogP contribution >= 0.6 is 0 Å². The molecule has 1 saturated heterocycles. The van der Waals surface area contributed by atoms with E-state index in [1.807, 2.05) is 6.07 Å². The van der Waals surface area contributed by atoms with Crippen LogP contribution in [0.5, 0.6) is 0 Å². The van der Waals surface area contributed by atoms with Crippen molar-refractivity contribution in [1.82, 2.24) is 15.5 Å². The predicted octanol–water partition coefficient (Wildman–Crippen LogP) is 0.122. The summed E-state index contributed by atoms with van der Waals surface area (Å²) in [5.41, 5.74) is 0.992. The minimum Gasteiger partial charge on any atom is -0.316 e. The van der Waals surface area contributed by atoms with Crippen molar-refractivity contribution in [1.29, 1.82) is 0 Å². The fourth-order valence-electron chi connectivity index (χ4n) is 1.60. The second kappa shape index (κ2) is 4.15. The van der Waals surface area contributed by atoms with Crippen LogP contribution in [0.4, 0.5) is 5.82 Å². The maximum absolute atomic E-state index is 10.1. The summed E-state index contributed by atoms with van der Waals surface area (Å²) in [6.07, 6.45) is 1.70. The van der Waals surface area contributed by atoms with Crippen molar-refractivity contribution >= 4 is 12.2 Å². The number of carbonyl (C=O) groups excluding carboxylic acids is 1. The lowest BCUT2D eigenvalue weighted by molar-refractivity contribution is -0.105. The Kier molecular flexibility index (Phi) is 2.69. The van der Waals surface area contributed by atoms with Gasteiger partial charge in [0.2, 0.25) is 6.41 Å². The van der Waals surface area contributed by atoms with Gasteiger partial charge in [-0.3, -0.25) is 4.79 Å². The molecule has 14 heavy (non-hydrogen) atoms. The van der Waals surface area contributed by atoms with Crippen molar-refractivity contribution in [2.24, 2.45) is 0 Å². The van der Waals surface area contributed by atoms with Gasteiger partial charge < -0.3 is 10.6 Å². The van der Waals surface area contributed by atoms with E-state index >= 15 is 0 Å². The van der Waals surface area contributed by atoms with E-state index in [-0.39, 0.29) is 0 Å². The minimum absolute atomic E-state index is 0.466. The molecule has 5 nitrogen and oxygen atoms in total. The number of nitrogens with zero attached hydrogens (tertiary/aromatic N) is 2. The lowest BCUT2D eigenvalue weighted by atomic mass is 10.1. The standard InChI is InChI=1S/C9H12N4O/c14-6-11-9-2-1-8(12-13-9)7-3-4-10-5-7/h1-2,6-7,10H,3-5H2,(H,11,13,14). The molecule has 0 bridgehead atoms. The van der Waals surface area contributed by atoms with Crippen molar-refractivity contribution in [3.05, 3.63) is 17.8 Å². The molecule has 1 amide bonds. The summed E-state index contributed by atoms with van der Waals surface area (Å²) < 4.78 is 0. The zero-order valence-corrected chi connectivity index (χ0v) is 7.73. The van der Waals surface area contributed by atoms with Crippen LogP contribution in [-0.2, 0) is 4.79 Å². The molecule has 1 fully saturated rings. The molecular formula is C9H12N4O. The Bertz CT molecular complexity index is 305. The highest BCUT2D eigenvalue weighted by molar-refractivity contribution is 5.68. The highest BCUT2D eigenvalue weighted by atomic mass is 16.1. The van der Waals surface area contributed by atoms with Crippen molar-refractivity contribution < 1.29 is 4.79 Å². The first kappa shape index (κ1) is 9.08. The molecule has 0 radical (unpaired) electrons. The van der Waals surface area contributed by atoms with Crippen LogP contribution in [0.3, 0.4) is 0 Å². The molecule has 74 valence electrons. The van der Waals surface area contributed by atoms with E-state index in [0.29, 0.717) is 18.1 Å². The average molecular weight is 192 g/mol. The van der Waals surface area contributed by atoms with Gasteiger partial charge >= 0.3 is 0 Å². The van der Waals surface area contributed by atoms with Gasteiger partial charge in [-0.1, -0.05) is 0 Å². The number of rotatable bonds is 3. The van der Waals surface area contributed by atoms with Crippen LogP contribution in [-0.4, -0.2) is 29.7 Å². The van der Waals surface area contributed by atoms with Gasteiger partial charge in [0.1, 0.15) is 0 Å². The van der Waals surface area contributed by atoms with Crippen LogP contribution in [0.1, 0.15) is 18.0 Å². The minimum atomic E-state index is 0.466. The average Bonchev–Trinajstić information content (AvgIpc) is 2.72. The normalized spacial score (nSPS) is 20.7. The SMILES string of the molecule is O=CNc1ccc(C2CCNC2)nn1. The van der Waals surface area contributed by atoms with E-state index in [0.717, 1.165) is 25.2 Å². The summed E-state index contributed by atoms with van der Waals surface area (Å²) in [6.45, 7) is 2.01. The summed E-state index contributed by atoms with van der Waals surface area (Å²) in [5, 5.41) is 13.7. The monoisotopic (exact) mass is 192 g/mol. The molecule has 0 saturated carbocycles. The Hall–Kier alpha value is -1.49. The van der Waals surface area contributed by atoms with Gasteiger partial charge in [-0.05, 0) is 25.1 Å². The van der Waals surface area contributed by atoms with Gasteiger partial charge in [0, 0.05) is 12.5 Å². The van der Waals surface area contributed by atoms with Gasteiger partial charge in [0.15, 0.2) is 5.82 Å². The molecule has 2 rings (SSSR count). The quantitative estimate of drug-likeness (QED) is 0.668. The summed E-state index contributed by atoms with van der Waals surface area (Å²) in [4.78, 5) is 10.1. The van der Waals surface area contributed by atoms with Gasteiger partial charge in [-0.2, -0.15) is 5.10 Å². The summed E-state index contributed by atoms with van der Waals surface area (Å²) in [6, 6.07) is 3.69. The topological polar surface area (TPSA) is 66.9 Å². The number of nitrogens with one attached hydrogen (secondary N) is 2. The molecular weight excluding hydrogens is 180 g/mol. The van der Waals surface area contributed by atoms with E-state index in [1.54, 1.807) is 6.07 Å². The van der Waals surface area contributed by atoms with Crippen molar-refractivity contribution in [2.45, 2.75) is 12.3 Å². The molecule has 2 heterocycles. The first-order valence-electron chi connectivity index (χ1n) is 4.64. The number of hydrogen-bond acceptors (Lipinski definition) is 4. The molecule has 1 aromatic rings. The molecule has 0 spiro atoms.